The standard InChI is InChI=1S/C17H23N3O2/c1-12-11-20(16(21)22-17(2,3)4)8-7-14(12)15-6-5-13(9-18)10-19-15/h5-6,10,12,14H,7-8,11H2,1-4H3. The van der Waals surface area contributed by atoms with Gasteiger partial charge in [-0.15, -0.1) is 0 Å². The lowest BCUT2D eigenvalue weighted by molar-refractivity contribution is 0.0154. The Morgan fingerprint density at radius 3 is 2.68 bits per heavy atom. The summed E-state index contributed by atoms with van der Waals surface area (Å²) in [5.41, 5.74) is 1.10. The molecule has 1 aromatic rings. The Morgan fingerprint density at radius 1 is 1.45 bits per heavy atom. The number of carbonyl (C=O) groups is 1. The van der Waals surface area contributed by atoms with Crippen LogP contribution in [0.1, 0.15) is 51.3 Å². The van der Waals surface area contributed by atoms with Crippen molar-refractivity contribution >= 4 is 6.09 Å². The molecule has 118 valence electrons. The van der Waals surface area contributed by atoms with E-state index in [9.17, 15) is 4.79 Å². The molecule has 0 bridgehead atoms. The molecule has 1 aromatic heterocycles. The predicted molar refractivity (Wildman–Crippen MR) is 83.3 cm³/mol. The van der Waals surface area contributed by atoms with E-state index in [1.54, 1.807) is 17.2 Å². The first-order valence-electron chi connectivity index (χ1n) is 7.64. The average molecular weight is 301 g/mol. The molecule has 1 aliphatic heterocycles. The van der Waals surface area contributed by atoms with Gasteiger partial charge in [0.25, 0.3) is 0 Å². The van der Waals surface area contributed by atoms with Gasteiger partial charge in [-0.3, -0.25) is 4.98 Å². The third-order valence-electron chi connectivity index (χ3n) is 3.85. The Hall–Kier alpha value is -2.09. The monoisotopic (exact) mass is 301 g/mol. The van der Waals surface area contributed by atoms with E-state index in [2.05, 4.69) is 18.0 Å². The molecule has 2 atom stereocenters. The first kappa shape index (κ1) is 16.3. The highest BCUT2D eigenvalue weighted by Gasteiger charge is 2.32. The van der Waals surface area contributed by atoms with Crippen molar-refractivity contribution in [2.75, 3.05) is 13.1 Å². The minimum atomic E-state index is -0.466. The Balaban J connectivity index is 2.00. The summed E-state index contributed by atoms with van der Waals surface area (Å²) in [6.45, 7) is 9.10. The van der Waals surface area contributed by atoms with Crippen molar-refractivity contribution in [2.45, 2.75) is 45.6 Å². The minimum absolute atomic E-state index is 0.245. The van der Waals surface area contributed by atoms with Gasteiger partial charge in [0.15, 0.2) is 0 Å². The molecule has 0 radical (unpaired) electrons. The number of likely N-dealkylation sites (tertiary alicyclic amines) is 1. The van der Waals surface area contributed by atoms with E-state index >= 15 is 0 Å². The van der Waals surface area contributed by atoms with Crippen molar-refractivity contribution in [1.82, 2.24) is 9.88 Å². The Kier molecular flexibility index (Phi) is 4.70. The van der Waals surface area contributed by atoms with E-state index < -0.39 is 5.60 Å². The van der Waals surface area contributed by atoms with Gasteiger partial charge < -0.3 is 9.64 Å². The van der Waals surface area contributed by atoms with Crippen molar-refractivity contribution in [2.24, 2.45) is 5.92 Å². The molecule has 1 amide bonds. The third-order valence-corrected chi connectivity index (χ3v) is 3.85. The number of nitriles is 1. The van der Waals surface area contributed by atoms with E-state index in [4.69, 9.17) is 10.00 Å². The molecule has 1 aliphatic rings. The van der Waals surface area contributed by atoms with Crippen LogP contribution in [0.3, 0.4) is 0 Å². The van der Waals surface area contributed by atoms with Crippen LogP contribution in [0.2, 0.25) is 0 Å². The maximum atomic E-state index is 12.1. The fourth-order valence-corrected chi connectivity index (χ4v) is 2.77. The lowest BCUT2D eigenvalue weighted by Crippen LogP contribution is -2.44. The summed E-state index contributed by atoms with van der Waals surface area (Å²) in [5.74, 6) is 0.619. The highest BCUT2D eigenvalue weighted by Crippen LogP contribution is 2.32. The van der Waals surface area contributed by atoms with Crippen LogP contribution >= 0.6 is 0 Å². The largest absolute Gasteiger partial charge is 0.444 e. The summed E-state index contributed by atoms with van der Waals surface area (Å²) in [7, 11) is 0. The van der Waals surface area contributed by atoms with Gasteiger partial charge in [-0.2, -0.15) is 5.26 Å². The fourth-order valence-electron chi connectivity index (χ4n) is 2.77. The lowest BCUT2D eigenvalue weighted by Gasteiger charge is -2.37. The molecular weight excluding hydrogens is 278 g/mol. The molecule has 0 saturated carbocycles. The van der Waals surface area contributed by atoms with Gasteiger partial charge in [-0.05, 0) is 45.2 Å². The first-order chi connectivity index (χ1) is 10.3. The summed E-state index contributed by atoms with van der Waals surface area (Å²) in [4.78, 5) is 18.3. The molecule has 1 saturated heterocycles. The van der Waals surface area contributed by atoms with Crippen LogP contribution in [-0.2, 0) is 4.74 Å². The zero-order valence-electron chi connectivity index (χ0n) is 13.7. The molecule has 2 heterocycles. The van der Waals surface area contributed by atoms with Crippen LogP contribution < -0.4 is 0 Å². The van der Waals surface area contributed by atoms with Crippen LogP contribution in [0, 0.1) is 17.2 Å². The Morgan fingerprint density at radius 2 is 2.18 bits per heavy atom. The maximum Gasteiger partial charge on any atom is 0.410 e. The van der Waals surface area contributed by atoms with Crippen molar-refractivity contribution in [3.05, 3.63) is 29.6 Å². The quantitative estimate of drug-likeness (QED) is 0.798. The molecule has 5 nitrogen and oxygen atoms in total. The van der Waals surface area contributed by atoms with Crippen LogP contribution in [0.15, 0.2) is 18.3 Å². The molecule has 5 heteroatoms. The minimum Gasteiger partial charge on any atom is -0.444 e. The predicted octanol–water partition coefficient (Wildman–Crippen LogP) is 3.31. The summed E-state index contributed by atoms with van der Waals surface area (Å²) < 4.78 is 5.43. The average Bonchev–Trinajstić information content (AvgIpc) is 2.45. The molecule has 22 heavy (non-hydrogen) atoms. The van der Waals surface area contributed by atoms with E-state index in [1.807, 2.05) is 26.8 Å². The topological polar surface area (TPSA) is 66.2 Å². The fraction of sp³-hybridized carbons (Fsp3) is 0.588. The highest BCUT2D eigenvalue weighted by atomic mass is 16.6. The number of carbonyl (C=O) groups excluding carboxylic acids is 1. The lowest BCUT2D eigenvalue weighted by atomic mass is 9.84. The number of rotatable bonds is 1. The first-order valence-corrected chi connectivity index (χ1v) is 7.64. The summed E-state index contributed by atoms with van der Waals surface area (Å²) in [6, 6.07) is 5.80. The zero-order valence-corrected chi connectivity index (χ0v) is 13.7. The molecule has 2 rings (SSSR count). The summed E-state index contributed by atoms with van der Waals surface area (Å²) in [6.07, 6.45) is 2.23. The number of amides is 1. The number of ether oxygens (including phenoxy) is 1. The van der Waals surface area contributed by atoms with E-state index in [0.29, 0.717) is 30.5 Å². The number of hydrogen-bond acceptors (Lipinski definition) is 4. The van der Waals surface area contributed by atoms with Crippen molar-refractivity contribution in [3.8, 4) is 6.07 Å². The number of pyridine rings is 1. The van der Waals surface area contributed by atoms with Crippen LogP contribution in [-0.4, -0.2) is 34.7 Å². The highest BCUT2D eigenvalue weighted by molar-refractivity contribution is 5.68. The summed E-state index contributed by atoms with van der Waals surface area (Å²) >= 11 is 0. The van der Waals surface area contributed by atoms with E-state index in [1.165, 1.54) is 0 Å². The van der Waals surface area contributed by atoms with Crippen LogP contribution in [0.25, 0.3) is 0 Å². The van der Waals surface area contributed by atoms with Crippen molar-refractivity contribution in [3.63, 3.8) is 0 Å². The molecule has 2 unspecified atom stereocenters. The second-order valence-corrected chi connectivity index (χ2v) is 6.88. The van der Waals surface area contributed by atoms with Gasteiger partial charge in [0.05, 0.1) is 5.56 Å². The molecule has 1 fully saturated rings. The molecule has 0 N–H and O–H groups in total. The van der Waals surface area contributed by atoms with E-state index in [-0.39, 0.29) is 6.09 Å². The SMILES string of the molecule is CC1CN(C(=O)OC(C)(C)C)CCC1c1ccc(C#N)cn1. The smallest absolute Gasteiger partial charge is 0.410 e. The van der Waals surface area contributed by atoms with E-state index in [0.717, 1.165) is 12.1 Å². The van der Waals surface area contributed by atoms with Crippen molar-refractivity contribution < 1.29 is 9.53 Å². The van der Waals surface area contributed by atoms with Crippen LogP contribution in [0.5, 0.6) is 0 Å². The Bertz CT molecular complexity index is 569. The van der Waals surface area contributed by atoms with Crippen molar-refractivity contribution in [1.29, 1.82) is 5.26 Å². The molecule has 0 spiro atoms. The van der Waals surface area contributed by atoms with Gasteiger partial charge in [-0.1, -0.05) is 6.92 Å². The van der Waals surface area contributed by atoms with Gasteiger partial charge >= 0.3 is 6.09 Å². The van der Waals surface area contributed by atoms with Crippen LogP contribution in [0.4, 0.5) is 4.79 Å². The normalized spacial score (nSPS) is 22.0. The van der Waals surface area contributed by atoms with Gasteiger partial charge in [0.1, 0.15) is 11.7 Å². The number of piperidine rings is 1. The third kappa shape index (κ3) is 3.97. The maximum absolute atomic E-state index is 12.1. The second-order valence-electron chi connectivity index (χ2n) is 6.88. The summed E-state index contributed by atoms with van der Waals surface area (Å²) in [5, 5.41) is 8.83. The van der Waals surface area contributed by atoms with Gasteiger partial charge in [0.2, 0.25) is 0 Å². The Labute approximate surface area is 131 Å². The number of aromatic nitrogens is 1. The van der Waals surface area contributed by atoms with Gasteiger partial charge in [0, 0.05) is 30.9 Å². The molecule has 0 aliphatic carbocycles. The van der Waals surface area contributed by atoms with Gasteiger partial charge in [-0.25, -0.2) is 4.79 Å². The second kappa shape index (κ2) is 6.35. The molecular formula is C17H23N3O2. The zero-order chi connectivity index (χ0) is 16.3. The number of hydrogen-bond donors (Lipinski definition) is 0. The molecule has 0 aromatic carbocycles. The number of nitrogens with zero attached hydrogens (tertiary/aromatic N) is 3.